The monoisotopic (exact) mass is 547 g/mol. The van der Waals surface area contributed by atoms with Crippen molar-refractivity contribution in [3.05, 3.63) is 114 Å². The highest BCUT2D eigenvalue weighted by molar-refractivity contribution is 7.60. The largest absolute Gasteiger partial charge is 0.508 e. The number of anilines is 1. The molecule has 3 atom stereocenters. The van der Waals surface area contributed by atoms with Crippen molar-refractivity contribution < 1.29 is 33.7 Å². The topological polar surface area (TPSA) is 118 Å². The van der Waals surface area contributed by atoms with Crippen molar-refractivity contribution in [2.24, 2.45) is 5.92 Å². The molecule has 9 heteroatoms. The standard InChI is InChI=1S/C30H27FNO6P/c31-25-11-4-5-12-26(25)32-29(24(30(32)35)15-16-27(33)19-7-2-1-3-8-19)23-14-13-21(18-28(23)34)20-9-6-10-22(17-20)39(36,37)38/h1-14,17-18,24,27,29,33-34H,15-16H2,(H2,36,37,38)/t24-,27+,29-/m1/s1. The van der Waals surface area contributed by atoms with E-state index in [0.717, 1.165) is 5.56 Å². The summed E-state index contributed by atoms with van der Waals surface area (Å²) in [4.78, 5) is 33.7. The minimum Gasteiger partial charge on any atom is -0.508 e. The average Bonchev–Trinajstić information content (AvgIpc) is 2.93. The molecule has 4 aromatic carbocycles. The summed E-state index contributed by atoms with van der Waals surface area (Å²) in [5, 5.41) is 21.6. The van der Waals surface area contributed by atoms with Gasteiger partial charge in [0.15, 0.2) is 0 Å². The molecule has 1 aliphatic rings. The minimum atomic E-state index is -4.46. The zero-order valence-electron chi connectivity index (χ0n) is 20.8. The fourth-order valence-electron chi connectivity index (χ4n) is 5.12. The highest BCUT2D eigenvalue weighted by Crippen LogP contribution is 2.49. The van der Waals surface area contributed by atoms with Crippen LogP contribution in [-0.2, 0) is 9.36 Å². The van der Waals surface area contributed by atoms with E-state index in [-0.39, 0.29) is 22.6 Å². The minimum absolute atomic E-state index is 0.102. The predicted octanol–water partition coefficient (Wildman–Crippen LogP) is 5.22. The quantitative estimate of drug-likeness (QED) is 0.178. The molecule has 1 saturated heterocycles. The number of rotatable bonds is 8. The van der Waals surface area contributed by atoms with Gasteiger partial charge in [0.05, 0.1) is 29.1 Å². The van der Waals surface area contributed by atoms with Crippen LogP contribution < -0.4 is 10.2 Å². The zero-order chi connectivity index (χ0) is 27.7. The lowest BCUT2D eigenvalue weighted by Crippen LogP contribution is -2.55. The molecule has 0 bridgehead atoms. The molecule has 0 radical (unpaired) electrons. The second kappa shape index (κ2) is 10.8. The van der Waals surface area contributed by atoms with E-state index in [1.54, 1.807) is 24.3 Å². The van der Waals surface area contributed by atoms with Gasteiger partial charge in [0.2, 0.25) is 5.91 Å². The number of halogens is 1. The number of hydrogen-bond donors (Lipinski definition) is 4. The normalized spacial score (nSPS) is 18.1. The van der Waals surface area contributed by atoms with Crippen LogP contribution in [0.4, 0.5) is 10.1 Å². The average molecular weight is 548 g/mol. The number of carbonyl (C=O) groups excluding carboxylic acids is 1. The Bertz CT molecular complexity index is 1560. The SMILES string of the molecule is O=C1[C@H](CC[C@H](O)c2ccccc2)[C@@H](c2ccc(-c3cccc(P(=O)(O)O)c3)cc2O)N1c1ccccc1F. The number of phenols is 1. The van der Waals surface area contributed by atoms with E-state index in [4.69, 9.17) is 0 Å². The number of aliphatic hydroxyl groups excluding tert-OH is 1. The number of β-lactam (4-membered cyclic amide) rings is 1. The lowest BCUT2D eigenvalue weighted by atomic mass is 9.77. The van der Waals surface area contributed by atoms with E-state index in [0.29, 0.717) is 29.5 Å². The van der Waals surface area contributed by atoms with Crippen LogP contribution in [0.15, 0.2) is 97.1 Å². The van der Waals surface area contributed by atoms with E-state index in [1.807, 2.05) is 30.3 Å². The number of nitrogens with zero attached hydrogens (tertiary/aromatic N) is 1. The number of carbonyl (C=O) groups is 1. The third-order valence-electron chi connectivity index (χ3n) is 7.13. The molecule has 7 nitrogen and oxygen atoms in total. The summed E-state index contributed by atoms with van der Waals surface area (Å²) in [6.45, 7) is 0. The van der Waals surface area contributed by atoms with Gasteiger partial charge in [-0.2, -0.15) is 0 Å². The second-order valence-corrected chi connectivity index (χ2v) is 11.2. The van der Waals surface area contributed by atoms with Crippen molar-refractivity contribution in [3.8, 4) is 16.9 Å². The molecule has 1 amide bonds. The molecule has 4 N–H and O–H groups in total. The lowest BCUT2D eigenvalue weighted by molar-refractivity contribution is -0.131. The molecule has 0 aromatic heterocycles. The van der Waals surface area contributed by atoms with E-state index in [1.165, 1.54) is 47.4 Å². The van der Waals surface area contributed by atoms with E-state index in [2.05, 4.69) is 0 Å². The molecule has 0 saturated carbocycles. The number of aliphatic hydroxyl groups is 1. The van der Waals surface area contributed by atoms with Gasteiger partial charge < -0.3 is 24.9 Å². The third-order valence-corrected chi connectivity index (χ3v) is 8.08. The molecule has 1 heterocycles. The van der Waals surface area contributed by atoms with E-state index in [9.17, 15) is 33.7 Å². The van der Waals surface area contributed by atoms with E-state index >= 15 is 0 Å². The molecule has 0 unspecified atom stereocenters. The maximum absolute atomic E-state index is 14.7. The molecule has 0 aliphatic carbocycles. The van der Waals surface area contributed by atoms with Gasteiger partial charge in [-0.05, 0) is 59.9 Å². The summed E-state index contributed by atoms with van der Waals surface area (Å²) in [6, 6.07) is 25.1. The molecular formula is C30H27FNO6P. The number of phenolic OH excluding ortho intramolecular Hbond substituents is 1. The van der Waals surface area contributed by atoms with Gasteiger partial charge in [-0.15, -0.1) is 0 Å². The molecule has 1 fully saturated rings. The van der Waals surface area contributed by atoms with Gasteiger partial charge in [0.1, 0.15) is 11.6 Å². The highest BCUT2D eigenvalue weighted by atomic mass is 31.2. The molecule has 4 aromatic rings. The highest BCUT2D eigenvalue weighted by Gasteiger charge is 2.50. The Labute approximate surface area is 225 Å². The van der Waals surface area contributed by atoms with Gasteiger partial charge >= 0.3 is 7.60 Å². The molecule has 5 rings (SSSR count). The lowest BCUT2D eigenvalue weighted by Gasteiger charge is -2.48. The Hall–Kier alpha value is -3.81. The maximum Gasteiger partial charge on any atom is 0.356 e. The third kappa shape index (κ3) is 5.37. The van der Waals surface area contributed by atoms with Crippen LogP contribution in [0.3, 0.4) is 0 Å². The number of aromatic hydroxyl groups is 1. The van der Waals surface area contributed by atoms with Gasteiger partial charge in [-0.3, -0.25) is 9.36 Å². The van der Waals surface area contributed by atoms with Gasteiger partial charge in [-0.25, -0.2) is 4.39 Å². The number of amides is 1. The van der Waals surface area contributed by atoms with Crippen LogP contribution in [0.5, 0.6) is 5.75 Å². The van der Waals surface area contributed by atoms with Gasteiger partial charge in [0.25, 0.3) is 0 Å². The smallest absolute Gasteiger partial charge is 0.356 e. The van der Waals surface area contributed by atoms with Gasteiger partial charge in [-0.1, -0.05) is 66.7 Å². The van der Waals surface area contributed by atoms with Crippen molar-refractivity contribution in [2.75, 3.05) is 4.90 Å². The number of benzene rings is 4. The van der Waals surface area contributed by atoms with Crippen molar-refractivity contribution in [3.63, 3.8) is 0 Å². The first-order valence-electron chi connectivity index (χ1n) is 12.4. The molecule has 1 aliphatic heterocycles. The number of hydrogen-bond acceptors (Lipinski definition) is 4. The number of para-hydroxylation sites is 1. The second-order valence-electron chi connectivity index (χ2n) is 9.58. The molecule has 200 valence electrons. The Kier molecular flexibility index (Phi) is 7.38. The van der Waals surface area contributed by atoms with Crippen molar-refractivity contribution in [1.82, 2.24) is 0 Å². The predicted molar refractivity (Wildman–Crippen MR) is 146 cm³/mol. The Morgan fingerprint density at radius 3 is 2.26 bits per heavy atom. The summed E-state index contributed by atoms with van der Waals surface area (Å²) in [5.74, 6) is -1.61. The van der Waals surface area contributed by atoms with Crippen molar-refractivity contribution in [2.45, 2.75) is 25.0 Å². The van der Waals surface area contributed by atoms with Crippen LogP contribution in [-0.4, -0.2) is 25.9 Å². The summed E-state index contributed by atoms with van der Waals surface area (Å²) in [7, 11) is -4.46. The first kappa shape index (κ1) is 26.8. The summed E-state index contributed by atoms with van der Waals surface area (Å²) < 4.78 is 26.4. The molecule has 0 spiro atoms. The van der Waals surface area contributed by atoms with Crippen molar-refractivity contribution >= 4 is 24.5 Å². The summed E-state index contributed by atoms with van der Waals surface area (Å²) >= 11 is 0. The van der Waals surface area contributed by atoms with Gasteiger partial charge in [0, 0.05) is 5.56 Å². The Morgan fingerprint density at radius 1 is 0.872 bits per heavy atom. The Morgan fingerprint density at radius 2 is 1.56 bits per heavy atom. The molecular weight excluding hydrogens is 520 g/mol. The Balaban J connectivity index is 1.47. The van der Waals surface area contributed by atoms with Crippen LogP contribution in [0, 0.1) is 11.7 Å². The van der Waals surface area contributed by atoms with Crippen LogP contribution in [0.2, 0.25) is 0 Å². The molecule has 39 heavy (non-hydrogen) atoms. The summed E-state index contributed by atoms with van der Waals surface area (Å²) in [6.07, 6.45) is -0.161. The van der Waals surface area contributed by atoms with E-state index < -0.39 is 31.5 Å². The zero-order valence-corrected chi connectivity index (χ0v) is 21.7. The summed E-state index contributed by atoms with van der Waals surface area (Å²) in [5.41, 5.74) is 2.26. The van der Waals surface area contributed by atoms with Crippen LogP contribution in [0.25, 0.3) is 11.1 Å². The maximum atomic E-state index is 14.7. The first-order valence-corrected chi connectivity index (χ1v) is 14.1. The first-order chi connectivity index (χ1) is 18.6. The van der Waals surface area contributed by atoms with Crippen LogP contribution >= 0.6 is 7.60 Å². The fourth-order valence-corrected chi connectivity index (χ4v) is 5.71. The van der Waals surface area contributed by atoms with Crippen LogP contribution in [0.1, 0.15) is 36.1 Å². The fraction of sp³-hybridized carbons (Fsp3) is 0.167. The van der Waals surface area contributed by atoms with Crippen molar-refractivity contribution in [1.29, 1.82) is 0 Å².